The van der Waals surface area contributed by atoms with Crippen LogP contribution in [0.1, 0.15) is 22.3 Å². The zero-order valence-corrected chi connectivity index (χ0v) is 86.1. The lowest BCUT2D eigenvalue weighted by Gasteiger charge is -2.45. The van der Waals surface area contributed by atoms with E-state index in [0.717, 1.165) is 82.2 Å². The first-order valence-corrected chi connectivity index (χ1v) is 53.1. The topological polar surface area (TPSA) is 450 Å². The summed E-state index contributed by atoms with van der Waals surface area (Å²) in [6, 6.07) is 47.0. The molecule has 21 rings (SSSR count). The van der Waals surface area contributed by atoms with Crippen LogP contribution in [0.25, 0.3) is 55.2 Å². The van der Waals surface area contributed by atoms with Gasteiger partial charge in [-0.25, -0.2) is 99.4 Å². The van der Waals surface area contributed by atoms with E-state index in [0.29, 0.717) is 127 Å². The molecular weight excluding hydrogens is 2000 g/mol. The summed E-state index contributed by atoms with van der Waals surface area (Å²) >= 11 is 24.0. The van der Waals surface area contributed by atoms with Crippen molar-refractivity contribution < 1.29 is 53.3 Å². The maximum Gasteiger partial charge on any atom is 0.376 e. The number of aromatic nitrogens is 15. The Morgan fingerprint density at radius 1 is 0.382 bits per heavy atom. The number of nitrogens with zero attached hydrogens (tertiary/aromatic N) is 22. The van der Waals surface area contributed by atoms with Gasteiger partial charge in [0, 0.05) is 156 Å². The van der Waals surface area contributed by atoms with Crippen LogP contribution in [0.3, 0.4) is 0 Å². The van der Waals surface area contributed by atoms with E-state index in [4.69, 9.17) is 46.4 Å². The van der Waals surface area contributed by atoms with Crippen molar-refractivity contribution in [2.24, 2.45) is 0 Å². The van der Waals surface area contributed by atoms with E-state index in [1.54, 1.807) is 189 Å². The van der Waals surface area contributed by atoms with Crippen molar-refractivity contribution in [1.29, 1.82) is 0 Å². The lowest BCUT2D eigenvalue weighted by atomic mass is 9.80. The standard InChI is InChI=1S/C25H24Cl2N6O3S.C18H22BN5O3S.C18H18Cl2N6O.C17H20BN5O3S.C17H19N5O2S/c1-16-3-5-21(6-4-16)37(35,36)33-8-7-22-24(29-15-30-25(22)33)31(2)20-13-32(14-20)23(34)12-28-19-10-17(26)9-18(27)11-19;1-13-4-6-15(7-5-13)28(26,27)24-9-8-16-17(20-12-21-18(16)24)22(3)14-10-23(11-14)19(2)25;1-25(18-15-2-3-21-17(15)23-10-24-18)14-8-26(9-14)16(27)7-22-13-5-11(19)4-12(20)6-13;1-12-3-5-14(6-4-12)27(25,26)23-8-7-15-16(19-11-20-17(15)23)21-13-9-22(10-13)18(2)24;1-12-3-5-14(6-4-12)25(23,24)22-8-7-15-16(19-11-20-17(15)22)21(2)13-9-18-10-13/h3-11,15,20,28H,12-14H2,1-2H3;4-9,12,14,25H,10-11H2,1-3H3;2-6,10,14,22H,7-9H2,1H3,(H,21,23,24);3-8,11,13,24H,9-10H2,1-2H3,(H,19,20,21);3-8,11,13,18H,9-10H2,1-2H3. The van der Waals surface area contributed by atoms with Crippen LogP contribution in [0, 0.1) is 27.7 Å². The first-order valence-electron chi connectivity index (χ1n) is 45.8. The van der Waals surface area contributed by atoms with Crippen molar-refractivity contribution in [2.75, 3.05) is 142 Å². The number of amides is 2. The van der Waals surface area contributed by atoms with Crippen molar-refractivity contribution in [3.8, 4) is 0 Å². The van der Waals surface area contributed by atoms with Crippen LogP contribution in [0.2, 0.25) is 33.7 Å². The van der Waals surface area contributed by atoms with E-state index < -0.39 is 54.2 Å². The Balaban J connectivity index is 0.000000124. The minimum absolute atomic E-state index is 0.0275. The SMILES string of the molecule is CB(O)N1CC(N(C)c2ncnc3c2ccn3S(=O)(=O)c2ccc(C)cc2)C1.CB(O)N1CC(Nc2ncnc3c2ccn3S(=O)(=O)c2ccc(C)cc2)C1.CN(c1ncnc2[nH]ccc12)C1CN(C(=O)CNc2cc(Cl)cc(Cl)c2)C1.Cc1ccc(S(=O)(=O)n2ccc3c(N(C)C4CN(C(=O)CNc5cc(Cl)cc(Cl)c5)C4)ncnc32)cc1.Cc1ccc(S(=O)(=O)n2ccc3c(N(C)C4CNC4)ncnc32)cc1. The second-order valence-corrected chi connectivity index (χ2v) is 44.8. The summed E-state index contributed by atoms with van der Waals surface area (Å²) in [5, 5.41) is 37.5. The number of nitrogens with one attached hydrogen (secondary N) is 5. The van der Waals surface area contributed by atoms with E-state index >= 15 is 0 Å². The molecular formula is C95H103B2Cl4N27O12S4. The predicted molar refractivity (Wildman–Crippen MR) is 562 cm³/mol. The highest BCUT2D eigenvalue weighted by Crippen LogP contribution is 2.37. The first-order chi connectivity index (χ1) is 68.8. The van der Waals surface area contributed by atoms with Crippen LogP contribution in [-0.4, -0.2) is 297 Å². The summed E-state index contributed by atoms with van der Waals surface area (Å²) in [6.07, 6.45) is 15.0. The number of aromatic amines is 1. The van der Waals surface area contributed by atoms with Gasteiger partial charge in [0.1, 0.15) is 66.4 Å². The number of likely N-dealkylation sites (N-methyl/N-ethyl adjacent to an activating group) is 4. The average molecular weight is 2110 g/mol. The highest BCUT2D eigenvalue weighted by Gasteiger charge is 2.40. The van der Waals surface area contributed by atoms with Gasteiger partial charge in [0.05, 0.1) is 89.8 Å². The fourth-order valence-electron chi connectivity index (χ4n) is 16.9. The van der Waals surface area contributed by atoms with Crippen LogP contribution in [0.5, 0.6) is 0 Å². The molecule has 5 aliphatic rings. The molecule has 0 atom stereocenters. The average Bonchev–Trinajstić information content (AvgIpc) is 1.60. The zero-order chi connectivity index (χ0) is 102. The second-order valence-electron chi connectivity index (χ2n) is 35.8. The van der Waals surface area contributed by atoms with Gasteiger partial charge in [-0.15, -0.1) is 0 Å². The van der Waals surface area contributed by atoms with E-state index in [1.807, 2.05) is 92.5 Å². The number of anilines is 7. The molecule has 7 N–H and O–H groups in total. The van der Waals surface area contributed by atoms with Gasteiger partial charge < -0.3 is 75.3 Å². The summed E-state index contributed by atoms with van der Waals surface area (Å²) < 4.78 is 109. The van der Waals surface area contributed by atoms with Crippen LogP contribution < -0.4 is 40.9 Å². The third-order valence-corrected chi connectivity index (χ3v) is 33.5. The van der Waals surface area contributed by atoms with Crippen molar-refractivity contribution >= 4 is 208 Å². The predicted octanol–water partition coefficient (Wildman–Crippen LogP) is 10.8. The van der Waals surface area contributed by atoms with Crippen molar-refractivity contribution in [3.63, 3.8) is 0 Å². The Kier molecular flexibility index (Phi) is 30.3. The summed E-state index contributed by atoms with van der Waals surface area (Å²) in [5.74, 6) is 3.46. The number of halogens is 4. The second kappa shape index (κ2) is 42.6. The van der Waals surface area contributed by atoms with Gasteiger partial charge in [-0.2, -0.15) is 0 Å². The molecule has 6 aromatic carbocycles. The smallest absolute Gasteiger partial charge is 0.376 e. The number of aryl methyl sites for hydroxylation is 4. The fourth-order valence-corrected chi connectivity index (χ4v) is 23.2. The van der Waals surface area contributed by atoms with Gasteiger partial charge in [0.15, 0.2) is 22.6 Å². The van der Waals surface area contributed by atoms with Crippen molar-refractivity contribution in [2.45, 2.75) is 91.1 Å². The number of fused-ring (bicyclic) bond motifs is 5. The van der Waals surface area contributed by atoms with Gasteiger partial charge in [-0.3, -0.25) is 9.59 Å². The molecule has 0 spiro atoms. The van der Waals surface area contributed by atoms with Crippen LogP contribution in [0.15, 0.2) is 246 Å². The summed E-state index contributed by atoms with van der Waals surface area (Å²) in [5.41, 5.74) is 7.56. The minimum atomic E-state index is -3.82. The Morgan fingerprint density at radius 3 is 1.01 bits per heavy atom. The summed E-state index contributed by atoms with van der Waals surface area (Å²) in [6.45, 7) is 18.4. The number of likely N-dealkylation sites (tertiary alicyclic amines) is 2. The summed E-state index contributed by atoms with van der Waals surface area (Å²) in [7, 11) is -8.18. The molecule has 0 saturated carbocycles. The normalized spacial score (nSPS) is 14.9. The Bertz CT molecular complexity index is 7870. The molecule has 748 valence electrons. The lowest BCUT2D eigenvalue weighted by Crippen LogP contribution is -2.62. The highest BCUT2D eigenvalue weighted by atomic mass is 35.5. The van der Waals surface area contributed by atoms with Gasteiger partial charge in [-0.1, -0.05) is 117 Å². The van der Waals surface area contributed by atoms with Crippen LogP contribution in [-0.2, 0) is 49.7 Å². The van der Waals surface area contributed by atoms with Crippen molar-refractivity contribution in [3.05, 3.63) is 269 Å². The number of benzene rings is 6. The Morgan fingerprint density at radius 2 is 0.681 bits per heavy atom. The molecule has 16 aromatic rings. The molecule has 144 heavy (non-hydrogen) atoms. The number of carbonyl (C=O) groups is 2. The lowest BCUT2D eigenvalue weighted by molar-refractivity contribution is -0.134. The number of hydrogen-bond acceptors (Lipinski definition) is 32. The van der Waals surface area contributed by atoms with Crippen LogP contribution >= 0.6 is 46.4 Å². The van der Waals surface area contributed by atoms with E-state index in [1.165, 1.54) is 59.8 Å². The fraction of sp³-hybridized carbons (Fsp3) is 0.284. The molecule has 5 saturated heterocycles. The molecule has 5 fully saturated rings. The number of carbonyl (C=O) groups excluding carboxylic acids is 2. The van der Waals surface area contributed by atoms with Gasteiger partial charge in [0.25, 0.3) is 40.1 Å². The molecule has 0 bridgehead atoms. The molecule has 0 aliphatic carbocycles. The maximum atomic E-state index is 13.2. The molecule has 10 aromatic heterocycles. The Labute approximate surface area is 852 Å². The quantitative estimate of drug-likeness (QED) is 0.0248. The largest absolute Gasteiger partial charge is 0.437 e. The van der Waals surface area contributed by atoms with Crippen LogP contribution in [0.4, 0.5) is 40.5 Å². The van der Waals surface area contributed by atoms with Gasteiger partial charge in [-0.05, 0) is 157 Å². The van der Waals surface area contributed by atoms with Gasteiger partial charge in [0.2, 0.25) is 11.8 Å². The molecule has 15 heterocycles. The minimum Gasteiger partial charge on any atom is -0.437 e. The maximum absolute atomic E-state index is 13.2. The number of rotatable bonds is 26. The zero-order valence-electron chi connectivity index (χ0n) is 79.8. The van der Waals surface area contributed by atoms with E-state index in [-0.39, 0.29) is 68.7 Å². The molecule has 49 heteroatoms. The molecule has 39 nitrogen and oxygen atoms in total. The van der Waals surface area contributed by atoms with E-state index in [2.05, 4.69) is 85.9 Å². The molecule has 0 unspecified atom stereocenters. The number of hydrogen-bond donors (Lipinski definition) is 7. The molecule has 0 radical (unpaired) electrons. The third-order valence-electron chi connectivity index (χ3n) is 25.9. The highest BCUT2D eigenvalue weighted by molar-refractivity contribution is 7.91. The first kappa shape index (κ1) is 102. The van der Waals surface area contributed by atoms with E-state index in [9.17, 15) is 53.3 Å². The monoisotopic (exact) mass is 2100 g/mol. The Hall–Kier alpha value is -13.2. The summed E-state index contributed by atoms with van der Waals surface area (Å²) in [4.78, 5) is 87.5. The molecule has 5 aliphatic heterocycles. The van der Waals surface area contributed by atoms with Crippen molar-refractivity contribution in [1.82, 2.24) is 95.5 Å². The third kappa shape index (κ3) is 21.8. The molecule has 2 amide bonds. The number of H-pyrrole nitrogens is 1. The van der Waals surface area contributed by atoms with Gasteiger partial charge >= 0.3 is 14.1 Å².